The zero-order valence-corrected chi connectivity index (χ0v) is 12.5. The fourth-order valence-corrected chi connectivity index (χ4v) is 1.90. The molecule has 0 bridgehead atoms. The van der Waals surface area contributed by atoms with Gasteiger partial charge in [-0.3, -0.25) is 4.79 Å². The number of benzene rings is 1. The van der Waals surface area contributed by atoms with Crippen molar-refractivity contribution in [2.45, 2.75) is 13.0 Å². The van der Waals surface area contributed by atoms with E-state index in [0.29, 0.717) is 4.90 Å². The number of amides is 2. The van der Waals surface area contributed by atoms with Crippen molar-refractivity contribution in [1.82, 2.24) is 4.90 Å². The predicted octanol–water partition coefficient (Wildman–Crippen LogP) is 2.07. The fraction of sp³-hybridized carbons (Fsp3) is 0.357. The van der Waals surface area contributed by atoms with Crippen LogP contribution in [0.1, 0.15) is 17.3 Å². The third kappa shape index (κ3) is 4.19. The summed E-state index contributed by atoms with van der Waals surface area (Å²) in [5.74, 6) is -1.75. The van der Waals surface area contributed by atoms with Crippen molar-refractivity contribution in [2.24, 2.45) is 0 Å². The van der Waals surface area contributed by atoms with Crippen LogP contribution in [0.3, 0.4) is 0 Å². The molecule has 0 saturated carbocycles. The van der Waals surface area contributed by atoms with Gasteiger partial charge in [-0.25, -0.2) is 14.5 Å². The second-order valence-electron chi connectivity index (χ2n) is 3.93. The molecule has 0 N–H and O–H groups in total. The van der Waals surface area contributed by atoms with Crippen molar-refractivity contribution < 1.29 is 23.9 Å². The lowest BCUT2D eigenvalue weighted by Gasteiger charge is -2.25. The van der Waals surface area contributed by atoms with Crippen LogP contribution < -0.4 is 0 Å². The molecule has 0 radical (unpaired) electrons. The maximum absolute atomic E-state index is 12.4. The molecular formula is C14H16ClNO5. The van der Waals surface area contributed by atoms with Gasteiger partial charge >= 0.3 is 12.1 Å². The highest BCUT2D eigenvalue weighted by Crippen LogP contribution is 2.13. The van der Waals surface area contributed by atoms with Crippen LogP contribution in [0.5, 0.6) is 0 Å². The van der Waals surface area contributed by atoms with Crippen molar-refractivity contribution in [3.8, 4) is 0 Å². The molecular weight excluding hydrogens is 298 g/mol. The quantitative estimate of drug-likeness (QED) is 0.614. The van der Waals surface area contributed by atoms with Crippen LogP contribution in [-0.4, -0.2) is 48.5 Å². The molecule has 0 fully saturated rings. The fourth-order valence-electron chi connectivity index (χ4n) is 1.64. The van der Waals surface area contributed by atoms with Crippen molar-refractivity contribution in [3.05, 3.63) is 35.9 Å². The molecule has 114 valence electrons. The first-order valence-corrected chi connectivity index (χ1v) is 6.79. The van der Waals surface area contributed by atoms with Gasteiger partial charge in [-0.05, 0) is 19.1 Å². The minimum atomic E-state index is -1.25. The highest BCUT2D eigenvalue weighted by atomic mass is 35.5. The molecule has 21 heavy (non-hydrogen) atoms. The van der Waals surface area contributed by atoms with Crippen molar-refractivity contribution in [2.75, 3.05) is 19.6 Å². The molecule has 6 nitrogen and oxygen atoms in total. The average Bonchev–Trinajstić information content (AvgIpc) is 2.52. The number of esters is 1. The standard InChI is InChI=1S/C14H16ClNO5/c1-3-21-14(19)16(11(9-15)13(18)20-2)12(17)10-7-5-4-6-8-10/h4-8,11H,3,9H2,1-2H3/t11-/m1/s1. The lowest BCUT2D eigenvalue weighted by molar-refractivity contribution is -0.144. The van der Waals surface area contributed by atoms with E-state index in [2.05, 4.69) is 4.74 Å². The first-order chi connectivity index (χ1) is 10.1. The lowest BCUT2D eigenvalue weighted by Crippen LogP contribution is -2.50. The molecule has 1 aromatic carbocycles. The normalized spacial score (nSPS) is 11.4. The van der Waals surface area contributed by atoms with E-state index in [1.54, 1.807) is 25.1 Å². The summed E-state index contributed by atoms with van der Waals surface area (Å²) in [7, 11) is 1.15. The summed E-state index contributed by atoms with van der Waals surface area (Å²) in [6.07, 6.45) is -0.942. The summed E-state index contributed by atoms with van der Waals surface area (Å²) < 4.78 is 9.40. The smallest absolute Gasteiger partial charge is 0.417 e. The zero-order chi connectivity index (χ0) is 15.8. The summed E-state index contributed by atoms with van der Waals surface area (Å²) in [5.41, 5.74) is 0.240. The highest BCUT2D eigenvalue weighted by molar-refractivity contribution is 6.20. The number of methoxy groups -OCH3 is 1. The number of rotatable bonds is 5. The second-order valence-corrected chi connectivity index (χ2v) is 4.24. The summed E-state index contributed by atoms with van der Waals surface area (Å²) >= 11 is 5.71. The number of carbonyl (C=O) groups excluding carboxylic acids is 3. The Morgan fingerprint density at radius 2 is 1.86 bits per heavy atom. The average molecular weight is 314 g/mol. The van der Waals surface area contributed by atoms with Gasteiger partial charge in [0.1, 0.15) is 0 Å². The van der Waals surface area contributed by atoms with Gasteiger partial charge in [-0.15, -0.1) is 11.6 Å². The van der Waals surface area contributed by atoms with E-state index in [1.807, 2.05) is 0 Å². The monoisotopic (exact) mass is 313 g/mol. The lowest BCUT2D eigenvalue weighted by atomic mass is 10.1. The van der Waals surface area contributed by atoms with Crippen LogP contribution in [0.15, 0.2) is 30.3 Å². The molecule has 1 aromatic rings. The topological polar surface area (TPSA) is 72.9 Å². The Balaban J connectivity index is 3.15. The molecule has 0 heterocycles. The minimum Gasteiger partial charge on any atom is -0.467 e. The van der Waals surface area contributed by atoms with Crippen molar-refractivity contribution >= 4 is 29.6 Å². The summed E-state index contributed by atoms with van der Waals surface area (Å²) in [6.45, 7) is 1.66. The third-order valence-electron chi connectivity index (χ3n) is 2.64. The Bertz CT molecular complexity index is 505. The number of hydrogen-bond donors (Lipinski definition) is 0. The van der Waals surface area contributed by atoms with Gasteiger partial charge in [0.15, 0.2) is 6.04 Å². The van der Waals surface area contributed by atoms with E-state index in [9.17, 15) is 14.4 Å². The molecule has 0 aliphatic carbocycles. The van der Waals surface area contributed by atoms with Crippen LogP contribution in [0.25, 0.3) is 0 Å². The summed E-state index contributed by atoms with van der Waals surface area (Å²) in [4.78, 5) is 36.8. The van der Waals surface area contributed by atoms with Crippen LogP contribution in [0, 0.1) is 0 Å². The minimum absolute atomic E-state index is 0.0631. The van der Waals surface area contributed by atoms with Gasteiger partial charge in [-0.2, -0.15) is 0 Å². The molecule has 0 aromatic heterocycles. The van der Waals surface area contributed by atoms with Crippen molar-refractivity contribution in [3.63, 3.8) is 0 Å². The Labute approximate surface area is 127 Å². The van der Waals surface area contributed by atoms with Crippen LogP contribution in [0.4, 0.5) is 4.79 Å². The highest BCUT2D eigenvalue weighted by Gasteiger charge is 2.36. The maximum atomic E-state index is 12.4. The largest absolute Gasteiger partial charge is 0.467 e. The van der Waals surface area contributed by atoms with E-state index in [0.717, 1.165) is 7.11 Å². The summed E-state index contributed by atoms with van der Waals surface area (Å²) in [6, 6.07) is 6.82. The first-order valence-electron chi connectivity index (χ1n) is 6.25. The number of ether oxygens (including phenoxy) is 2. The van der Waals surface area contributed by atoms with E-state index < -0.39 is 24.0 Å². The van der Waals surface area contributed by atoms with Crippen LogP contribution in [0.2, 0.25) is 0 Å². The maximum Gasteiger partial charge on any atom is 0.417 e. The molecule has 0 spiro atoms. The van der Waals surface area contributed by atoms with E-state index in [-0.39, 0.29) is 18.1 Å². The number of alkyl halides is 1. The molecule has 2 amide bonds. The van der Waals surface area contributed by atoms with Gasteiger partial charge in [0.2, 0.25) is 0 Å². The molecule has 0 aliphatic rings. The van der Waals surface area contributed by atoms with Crippen molar-refractivity contribution in [1.29, 1.82) is 0 Å². The van der Waals surface area contributed by atoms with Gasteiger partial charge < -0.3 is 9.47 Å². The van der Waals surface area contributed by atoms with Crippen LogP contribution in [-0.2, 0) is 14.3 Å². The van der Waals surface area contributed by atoms with Gasteiger partial charge in [0.25, 0.3) is 5.91 Å². The Hall–Kier alpha value is -2.08. The Kier molecular flexibility index (Phi) is 6.68. The summed E-state index contributed by atoms with van der Waals surface area (Å²) in [5, 5.41) is 0. The number of imide groups is 1. The molecule has 0 aliphatic heterocycles. The zero-order valence-electron chi connectivity index (χ0n) is 11.7. The van der Waals surface area contributed by atoms with E-state index >= 15 is 0 Å². The van der Waals surface area contributed by atoms with Gasteiger partial charge in [-0.1, -0.05) is 18.2 Å². The number of carbonyl (C=O) groups is 3. The molecule has 1 atom stereocenters. The predicted molar refractivity (Wildman–Crippen MR) is 76.2 cm³/mol. The molecule has 7 heteroatoms. The number of nitrogens with zero attached hydrogens (tertiary/aromatic N) is 1. The van der Waals surface area contributed by atoms with Gasteiger partial charge in [0.05, 0.1) is 19.6 Å². The third-order valence-corrected chi connectivity index (χ3v) is 2.93. The van der Waals surface area contributed by atoms with E-state index in [1.165, 1.54) is 12.1 Å². The first kappa shape index (κ1) is 17.0. The number of hydrogen-bond acceptors (Lipinski definition) is 5. The second kappa shape index (κ2) is 8.26. The molecule has 0 saturated heterocycles. The molecule has 0 unspecified atom stereocenters. The van der Waals surface area contributed by atoms with E-state index in [4.69, 9.17) is 16.3 Å². The SMILES string of the molecule is CCOC(=O)N(C(=O)c1ccccc1)[C@H](CCl)C(=O)OC. The number of halogens is 1. The molecule has 1 rings (SSSR count). The Morgan fingerprint density at radius 1 is 1.24 bits per heavy atom. The Morgan fingerprint density at radius 3 is 2.33 bits per heavy atom. The van der Waals surface area contributed by atoms with Crippen LogP contribution >= 0.6 is 11.6 Å². The van der Waals surface area contributed by atoms with Gasteiger partial charge in [0, 0.05) is 5.56 Å².